The van der Waals surface area contributed by atoms with Crippen molar-refractivity contribution in [2.45, 2.75) is 31.9 Å². The monoisotopic (exact) mass is 330 g/mol. The molecule has 0 saturated heterocycles. The van der Waals surface area contributed by atoms with Crippen molar-refractivity contribution in [2.75, 3.05) is 20.3 Å². The van der Waals surface area contributed by atoms with Crippen LogP contribution in [0.3, 0.4) is 0 Å². The molecule has 9 nitrogen and oxygen atoms in total. The Hall–Kier alpha value is -2.13. The van der Waals surface area contributed by atoms with Crippen molar-refractivity contribution in [3.8, 4) is 0 Å². The number of carboxylic acid groups (broad SMARTS) is 2. The van der Waals surface area contributed by atoms with Gasteiger partial charge in [0.1, 0.15) is 6.54 Å². The van der Waals surface area contributed by atoms with Gasteiger partial charge in [-0.25, -0.2) is 4.79 Å². The highest BCUT2D eigenvalue weighted by Gasteiger charge is 2.31. The average Bonchev–Trinajstić information content (AvgIpc) is 2.48. The number of carboxylic acids is 2. The number of nitrogens with one attached hydrogen (secondary N) is 1. The summed E-state index contributed by atoms with van der Waals surface area (Å²) in [5, 5.41) is 39.6. The van der Waals surface area contributed by atoms with Crippen molar-refractivity contribution >= 4 is 17.7 Å². The molecule has 0 aromatic carbocycles. The third-order valence-electron chi connectivity index (χ3n) is 3.46. The lowest BCUT2D eigenvalue weighted by atomic mass is 9.89. The van der Waals surface area contributed by atoms with Crippen LogP contribution < -0.4 is 5.32 Å². The van der Waals surface area contributed by atoms with Gasteiger partial charge in [0.2, 0.25) is 0 Å². The van der Waals surface area contributed by atoms with Crippen LogP contribution in [0.15, 0.2) is 16.4 Å². The first-order valence-corrected chi connectivity index (χ1v) is 7.11. The second-order valence-corrected chi connectivity index (χ2v) is 5.33. The van der Waals surface area contributed by atoms with Gasteiger partial charge in [0.05, 0.1) is 24.6 Å². The number of nitrogens with zero attached hydrogens (tertiary/aromatic N) is 1. The van der Waals surface area contributed by atoms with Crippen LogP contribution in [0.25, 0.3) is 0 Å². The van der Waals surface area contributed by atoms with E-state index in [4.69, 9.17) is 14.9 Å². The molecule has 0 radical (unpaired) electrons. The van der Waals surface area contributed by atoms with E-state index in [2.05, 4.69) is 10.3 Å². The van der Waals surface area contributed by atoms with Crippen molar-refractivity contribution in [1.29, 1.82) is 0 Å². The number of allylic oxidation sites excluding steroid dienone is 2. The Morgan fingerprint density at radius 3 is 2.48 bits per heavy atom. The van der Waals surface area contributed by atoms with Crippen LogP contribution in [0.1, 0.15) is 19.8 Å². The summed E-state index contributed by atoms with van der Waals surface area (Å²) in [5.41, 5.74) is 0.715. The largest absolute Gasteiger partial charge is 0.493 e. The molecule has 0 amide bonds. The molecule has 0 saturated carbocycles. The zero-order valence-electron chi connectivity index (χ0n) is 13.0. The lowest BCUT2D eigenvalue weighted by Gasteiger charge is -2.29. The van der Waals surface area contributed by atoms with E-state index in [1.165, 1.54) is 14.0 Å². The Bertz CT molecular complexity index is 513. The van der Waals surface area contributed by atoms with E-state index in [-0.39, 0.29) is 18.3 Å². The molecule has 0 heterocycles. The van der Waals surface area contributed by atoms with Crippen molar-refractivity contribution in [3.05, 3.63) is 11.5 Å². The Labute approximate surface area is 133 Å². The minimum atomic E-state index is -1.26. The Kier molecular flexibility index (Phi) is 6.98. The topological polar surface area (TPSA) is 149 Å². The molecule has 1 aliphatic rings. The number of aliphatic imine (C=N–C) groups is 1. The number of methoxy groups -OCH3 is 1. The molecule has 3 atom stereocenters. The van der Waals surface area contributed by atoms with Crippen molar-refractivity contribution < 1.29 is 34.8 Å². The first-order valence-electron chi connectivity index (χ1n) is 7.11. The van der Waals surface area contributed by atoms with Gasteiger partial charge in [0.15, 0.2) is 11.8 Å². The van der Waals surface area contributed by atoms with Crippen LogP contribution in [0.4, 0.5) is 0 Å². The van der Waals surface area contributed by atoms with E-state index in [1.807, 2.05) is 0 Å². The van der Waals surface area contributed by atoms with Gasteiger partial charge in [-0.05, 0) is 25.7 Å². The number of aliphatic carboxylic acids is 2. The number of hydrogen-bond donors (Lipinski definition) is 5. The van der Waals surface area contributed by atoms with Crippen molar-refractivity contribution in [3.63, 3.8) is 0 Å². The highest BCUT2D eigenvalue weighted by molar-refractivity contribution is 6.00. The number of rotatable bonds is 8. The van der Waals surface area contributed by atoms with Crippen molar-refractivity contribution in [2.24, 2.45) is 10.9 Å². The van der Waals surface area contributed by atoms with Crippen LogP contribution in [0, 0.1) is 5.92 Å². The number of carbonyl (C=O) groups is 2. The summed E-state index contributed by atoms with van der Waals surface area (Å²) >= 11 is 0. The molecule has 9 heteroatoms. The van der Waals surface area contributed by atoms with E-state index in [9.17, 15) is 19.8 Å². The number of ether oxygens (including phenoxy) is 1. The fourth-order valence-corrected chi connectivity index (χ4v) is 2.36. The predicted molar refractivity (Wildman–Crippen MR) is 80.0 cm³/mol. The number of aliphatic hydroxyl groups excluding tert-OH is 2. The molecule has 1 aliphatic carbocycles. The van der Waals surface area contributed by atoms with Crippen LogP contribution >= 0.6 is 0 Å². The van der Waals surface area contributed by atoms with E-state index in [0.29, 0.717) is 24.3 Å². The zero-order valence-corrected chi connectivity index (χ0v) is 13.0. The van der Waals surface area contributed by atoms with Gasteiger partial charge >= 0.3 is 11.9 Å². The fourth-order valence-electron chi connectivity index (χ4n) is 2.36. The maximum atomic E-state index is 11.2. The SMILES string of the molecule is COC1=C(NC(C(=O)O)C(C)O)CC(CO)CC1=NCC(=O)O. The van der Waals surface area contributed by atoms with Gasteiger partial charge in [-0.2, -0.15) is 0 Å². The normalized spacial score (nSPS) is 22.6. The molecular weight excluding hydrogens is 308 g/mol. The third kappa shape index (κ3) is 5.22. The quantitative estimate of drug-likeness (QED) is 0.388. The summed E-state index contributed by atoms with van der Waals surface area (Å²) in [7, 11) is 1.37. The van der Waals surface area contributed by atoms with Crippen LogP contribution in [-0.4, -0.2) is 70.5 Å². The Balaban J connectivity index is 3.17. The number of hydrogen-bond acceptors (Lipinski definition) is 7. The molecule has 0 aromatic heterocycles. The lowest BCUT2D eigenvalue weighted by molar-refractivity contribution is -0.142. The second-order valence-electron chi connectivity index (χ2n) is 5.33. The van der Waals surface area contributed by atoms with Gasteiger partial charge in [0.25, 0.3) is 0 Å². The van der Waals surface area contributed by atoms with Gasteiger partial charge in [-0.3, -0.25) is 9.79 Å². The second kappa shape index (κ2) is 8.49. The average molecular weight is 330 g/mol. The standard InChI is InChI=1S/C14H22N2O7/c1-7(18)12(14(21)22)16-10-4-8(6-17)3-9(13(10)23-2)15-5-11(19)20/h7-8,12,16-18H,3-6H2,1-2H3,(H,19,20)(H,21,22). The number of aliphatic hydroxyl groups is 2. The molecule has 0 bridgehead atoms. The van der Waals surface area contributed by atoms with Gasteiger partial charge in [0, 0.05) is 6.61 Å². The van der Waals surface area contributed by atoms with Crippen LogP contribution in [0.5, 0.6) is 0 Å². The Morgan fingerprint density at radius 2 is 2.04 bits per heavy atom. The first-order chi connectivity index (χ1) is 10.8. The van der Waals surface area contributed by atoms with Gasteiger partial charge in [-0.15, -0.1) is 0 Å². The van der Waals surface area contributed by atoms with Crippen LogP contribution in [0.2, 0.25) is 0 Å². The molecule has 5 N–H and O–H groups in total. The molecule has 0 aromatic rings. The molecule has 130 valence electrons. The Morgan fingerprint density at radius 1 is 1.39 bits per heavy atom. The first kappa shape index (κ1) is 18.9. The summed E-state index contributed by atoms with van der Waals surface area (Å²) < 4.78 is 5.24. The molecule has 23 heavy (non-hydrogen) atoms. The van der Waals surface area contributed by atoms with Gasteiger partial charge in [-0.1, -0.05) is 0 Å². The van der Waals surface area contributed by atoms with E-state index >= 15 is 0 Å². The summed E-state index contributed by atoms with van der Waals surface area (Å²) in [6, 6.07) is -1.26. The highest BCUT2D eigenvalue weighted by atomic mass is 16.5. The van der Waals surface area contributed by atoms with Crippen LogP contribution in [-0.2, 0) is 14.3 Å². The summed E-state index contributed by atoms with van der Waals surface area (Å²) in [4.78, 5) is 25.9. The minimum absolute atomic E-state index is 0.166. The molecule has 3 unspecified atom stereocenters. The van der Waals surface area contributed by atoms with E-state index in [1.54, 1.807) is 0 Å². The third-order valence-corrected chi connectivity index (χ3v) is 3.46. The molecule has 0 spiro atoms. The zero-order chi connectivity index (χ0) is 17.6. The molecule has 0 aliphatic heterocycles. The maximum absolute atomic E-state index is 11.2. The lowest BCUT2D eigenvalue weighted by Crippen LogP contribution is -2.46. The fraction of sp³-hybridized carbons (Fsp3) is 0.643. The minimum Gasteiger partial charge on any atom is -0.493 e. The maximum Gasteiger partial charge on any atom is 0.328 e. The predicted octanol–water partition coefficient (Wildman–Crippen LogP) is -0.804. The van der Waals surface area contributed by atoms with E-state index in [0.717, 1.165) is 0 Å². The smallest absolute Gasteiger partial charge is 0.328 e. The molecule has 0 fully saturated rings. The van der Waals surface area contributed by atoms with Crippen molar-refractivity contribution in [1.82, 2.24) is 5.32 Å². The summed E-state index contributed by atoms with van der Waals surface area (Å²) in [5.74, 6) is -2.34. The van der Waals surface area contributed by atoms with E-state index < -0.39 is 30.6 Å². The summed E-state index contributed by atoms with van der Waals surface area (Å²) in [6.45, 7) is 0.720. The summed E-state index contributed by atoms with van der Waals surface area (Å²) in [6.07, 6.45) is -0.528. The molecule has 1 rings (SSSR count). The van der Waals surface area contributed by atoms with Gasteiger partial charge < -0.3 is 30.5 Å². The highest BCUT2D eigenvalue weighted by Crippen LogP contribution is 2.27. The molecular formula is C14H22N2O7.